The zero-order valence-corrected chi connectivity index (χ0v) is 20.6. The van der Waals surface area contributed by atoms with Crippen LogP contribution < -0.4 is 10.6 Å². The van der Waals surface area contributed by atoms with Gasteiger partial charge in [-0.25, -0.2) is 9.59 Å². The van der Waals surface area contributed by atoms with Crippen LogP contribution in [-0.2, 0) is 9.59 Å². The molecule has 0 saturated carbocycles. The highest BCUT2D eigenvalue weighted by molar-refractivity contribution is 6.07. The fourth-order valence-corrected chi connectivity index (χ4v) is 5.43. The van der Waals surface area contributed by atoms with Crippen molar-refractivity contribution in [2.75, 3.05) is 13.1 Å². The lowest BCUT2D eigenvalue weighted by Gasteiger charge is -2.16. The van der Waals surface area contributed by atoms with E-state index in [9.17, 15) is 19.2 Å². The fraction of sp³-hybridized carbons (Fsp3) is 0.200. The fourth-order valence-electron chi connectivity index (χ4n) is 5.43. The van der Waals surface area contributed by atoms with Crippen LogP contribution in [0.2, 0.25) is 0 Å². The lowest BCUT2D eigenvalue weighted by Crippen LogP contribution is -2.34. The number of hydrogen-bond acceptors (Lipinski definition) is 4. The lowest BCUT2D eigenvalue weighted by molar-refractivity contribution is -0.128. The Morgan fingerprint density at radius 2 is 0.921 bits per heavy atom. The van der Waals surface area contributed by atoms with Crippen molar-refractivity contribution in [3.63, 3.8) is 0 Å². The van der Waals surface area contributed by atoms with Crippen LogP contribution in [0.15, 0.2) is 84.9 Å². The standard InChI is InChI=1S/C30H26N4O4/c35-27-25(23-15-7-11-19-9-1-3-13-21(19)23)31-29(37)33(27)17-5-6-18-34-28(36)26(32-30(34)38)24-16-8-12-20-10-2-4-14-22(20)24/h1-4,7-16,25-26H,5-6,17-18H2,(H,31,37)(H,32,38). The molecule has 2 aliphatic heterocycles. The first kappa shape index (κ1) is 23.7. The number of fused-ring (bicyclic) bond motifs is 2. The monoisotopic (exact) mass is 506 g/mol. The van der Waals surface area contributed by atoms with E-state index in [1.165, 1.54) is 9.80 Å². The summed E-state index contributed by atoms with van der Waals surface area (Å²) in [5, 5.41) is 9.46. The van der Waals surface area contributed by atoms with E-state index in [2.05, 4.69) is 10.6 Å². The highest BCUT2D eigenvalue weighted by Crippen LogP contribution is 2.30. The molecule has 2 atom stereocenters. The predicted molar refractivity (Wildman–Crippen MR) is 143 cm³/mol. The smallest absolute Gasteiger partial charge is 0.322 e. The van der Waals surface area contributed by atoms with E-state index in [1.807, 2.05) is 84.9 Å². The highest BCUT2D eigenvalue weighted by Gasteiger charge is 2.40. The van der Waals surface area contributed by atoms with Crippen molar-refractivity contribution in [2.45, 2.75) is 24.9 Å². The Morgan fingerprint density at radius 3 is 1.37 bits per heavy atom. The summed E-state index contributed by atoms with van der Waals surface area (Å²) in [4.78, 5) is 54.0. The molecule has 2 unspecified atom stereocenters. The van der Waals surface area contributed by atoms with Gasteiger partial charge in [-0.05, 0) is 45.5 Å². The van der Waals surface area contributed by atoms with E-state index in [1.54, 1.807) is 0 Å². The van der Waals surface area contributed by atoms with Gasteiger partial charge in [0.15, 0.2) is 0 Å². The summed E-state index contributed by atoms with van der Waals surface area (Å²) < 4.78 is 0. The maximum absolute atomic E-state index is 13.1. The maximum atomic E-state index is 13.1. The summed E-state index contributed by atoms with van der Waals surface area (Å²) >= 11 is 0. The SMILES string of the molecule is O=C1NC(c2cccc3ccccc23)C(=O)N1CCCCN1C(=O)NC(c2cccc3ccccc23)C1=O. The summed E-state index contributed by atoms with van der Waals surface area (Å²) in [6.07, 6.45) is 0.939. The summed E-state index contributed by atoms with van der Waals surface area (Å²) in [5.74, 6) is -0.588. The van der Waals surface area contributed by atoms with Gasteiger partial charge in [0.25, 0.3) is 11.8 Å². The zero-order chi connectivity index (χ0) is 26.2. The number of imide groups is 2. The van der Waals surface area contributed by atoms with Crippen LogP contribution >= 0.6 is 0 Å². The molecule has 190 valence electrons. The number of unbranched alkanes of at least 4 members (excludes halogenated alkanes) is 1. The van der Waals surface area contributed by atoms with E-state index >= 15 is 0 Å². The van der Waals surface area contributed by atoms with Gasteiger partial charge >= 0.3 is 12.1 Å². The minimum atomic E-state index is -0.735. The van der Waals surface area contributed by atoms with Crippen LogP contribution in [0.4, 0.5) is 9.59 Å². The van der Waals surface area contributed by atoms with E-state index < -0.39 is 24.1 Å². The van der Waals surface area contributed by atoms with Crippen LogP contribution in [0.25, 0.3) is 21.5 Å². The Morgan fingerprint density at radius 1 is 0.526 bits per heavy atom. The van der Waals surface area contributed by atoms with Crippen molar-refractivity contribution in [2.24, 2.45) is 0 Å². The number of carbonyl (C=O) groups is 4. The molecule has 0 spiro atoms. The van der Waals surface area contributed by atoms with Crippen molar-refractivity contribution < 1.29 is 19.2 Å². The molecule has 38 heavy (non-hydrogen) atoms. The molecule has 2 aliphatic rings. The van der Waals surface area contributed by atoms with Crippen molar-refractivity contribution in [1.29, 1.82) is 0 Å². The number of nitrogens with one attached hydrogen (secondary N) is 2. The van der Waals surface area contributed by atoms with Crippen LogP contribution in [0.3, 0.4) is 0 Å². The molecule has 6 amide bonds. The molecule has 8 heteroatoms. The van der Waals surface area contributed by atoms with Crippen LogP contribution in [0.1, 0.15) is 36.1 Å². The first-order valence-electron chi connectivity index (χ1n) is 12.7. The van der Waals surface area contributed by atoms with Crippen molar-refractivity contribution in [3.8, 4) is 0 Å². The molecule has 6 rings (SSSR count). The molecular weight excluding hydrogens is 480 g/mol. The van der Waals surface area contributed by atoms with Gasteiger partial charge in [-0.3, -0.25) is 19.4 Å². The first-order valence-corrected chi connectivity index (χ1v) is 12.7. The third-order valence-electron chi connectivity index (χ3n) is 7.33. The molecule has 2 N–H and O–H groups in total. The van der Waals surface area contributed by atoms with Gasteiger partial charge in [0, 0.05) is 13.1 Å². The Bertz CT molecular complexity index is 1470. The van der Waals surface area contributed by atoms with E-state index in [0.717, 1.165) is 32.7 Å². The molecular formula is C30H26N4O4. The summed E-state index contributed by atoms with van der Waals surface area (Å²) in [6.45, 7) is 0.421. The Labute approximate surface area is 219 Å². The first-order chi connectivity index (χ1) is 18.5. The Balaban J connectivity index is 1.08. The van der Waals surface area contributed by atoms with Gasteiger partial charge in [0.2, 0.25) is 0 Å². The molecule has 2 heterocycles. The molecule has 0 bridgehead atoms. The normalized spacial score (nSPS) is 19.5. The van der Waals surface area contributed by atoms with E-state index in [4.69, 9.17) is 0 Å². The van der Waals surface area contributed by atoms with Crippen molar-refractivity contribution >= 4 is 45.4 Å². The minimum absolute atomic E-state index is 0.211. The molecule has 0 aromatic heterocycles. The highest BCUT2D eigenvalue weighted by atomic mass is 16.2. The van der Waals surface area contributed by atoms with E-state index in [-0.39, 0.29) is 24.9 Å². The number of rotatable bonds is 7. The molecule has 8 nitrogen and oxygen atoms in total. The van der Waals surface area contributed by atoms with Gasteiger partial charge in [-0.2, -0.15) is 0 Å². The number of hydrogen-bond donors (Lipinski definition) is 2. The quantitative estimate of drug-likeness (QED) is 0.281. The second kappa shape index (κ2) is 9.63. The number of nitrogens with zero attached hydrogens (tertiary/aromatic N) is 2. The average Bonchev–Trinajstić information content (AvgIpc) is 3.39. The predicted octanol–water partition coefficient (Wildman–Crippen LogP) is 4.66. The van der Waals surface area contributed by atoms with Gasteiger partial charge in [0.1, 0.15) is 12.1 Å². The third kappa shape index (κ3) is 4.04. The van der Waals surface area contributed by atoms with Gasteiger partial charge in [-0.15, -0.1) is 0 Å². The summed E-state index contributed by atoms with van der Waals surface area (Å²) in [6, 6.07) is 24.6. The minimum Gasteiger partial charge on any atom is -0.322 e. The van der Waals surface area contributed by atoms with Gasteiger partial charge < -0.3 is 10.6 Å². The molecule has 2 fully saturated rings. The van der Waals surface area contributed by atoms with Gasteiger partial charge in [0.05, 0.1) is 0 Å². The average molecular weight is 507 g/mol. The topological polar surface area (TPSA) is 98.8 Å². The van der Waals surface area contributed by atoms with Crippen molar-refractivity contribution in [3.05, 3.63) is 96.1 Å². The second-order valence-electron chi connectivity index (χ2n) is 9.59. The number of benzene rings is 4. The largest absolute Gasteiger partial charge is 0.325 e. The lowest BCUT2D eigenvalue weighted by atomic mass is 9.98. The Hall–Kier alpha value is -4.72. The number of urea groups is 2. The molecule has 4 aromatic carbocycles. The number of amides is 6. The zero-order valence-electron chi connectivity index (χ0n) is 20.6. The molecule has 4 aromatic rings. The van der Waals surface area contributed by atoms with Crippen molar-refractivity contribution in [1.82, 2.24) is 20.4 Å². The van der Waals surface area contributed by atoms with E-state index in [0.29, 0.717) is 12.8 Å². The summed E-state index contributed by atoms with van der Waals surface area (Å²) in [7, 11) is 0. The van der Waals surface area contributed by atoms with Crippen LogP contribution in [0, 0.1) is 0 Å². The molecule has 2 saturated heterocycles. The summed E-state index contributed by atoms with van der Waals surface area (Å²) in [5.41, 5.74) is 1.53. The third-order valence-corrected chi connectivity index (χ3v) is 7.33. The number of carbonyl (C=O) groups excluding carboxylic acids is 4. The maximum Gasteiger partial charge on any atom is 0.325 e. The van der Waals surface area contributed by atoms with Crippen LogP contribution in [-0.4, -0.2) is 46.8 Å². The Kier molecular flexibility index (Phi) is 5.99. The second-order valence-corrected chi connectivity index (χ2v) is 9.59. The molecule has 0 radical (unpaired) electrons. The molecule has 0 aliphatic carbocycles. The van der Waals surface area contributed by atoms with Crippen LogP contribution in [0.5, 0.6) is 0 Å². The van der Waals surface area contributed by atoms with Gasteiger partial charge in [-0.1, -0.05) is 84.9 Å².